The summed E-state index contributed by atoms with van der Waals surface area (Å²) in [5.74, 6) is -1.62. The minimum atomic E-state index is -1.18. The summed E-state index contributed by atoms with van der Waals surface area (Å²) in [5.41, 5.74) is 0.988. The van der Waals surface area contributed by atoms with Crippen LogP contribution in [0.2, 0.25) is 0 Å². The maximum atomic E-state index is 12.2. The summed E-state index contributed by atoms with van der Waals surface area (Å²) in [6.07, 6.45) is 1.43. The molecule has 0 aliphatic carbocycles. The molecule has 4 nitrogen and oxygen atoms in total. The number of hydrogen-bond acceptors (Lipinski definition) is 2. The molecule has 5 heteroatoms. The van der Waals surface area contributed by atoms with Crippen LogP contribution in [-0.2, 0) is 4.79 Å². The average molecular weight is 393 g/mol. The third-order valence-corrected chi connectivity index (χ3v) is 3.65. The SMILES string of the molecule is O=C(O)/C(=C\c1ccccc1)NC(=O)c1ccccc1I. The van der Waals surface area contributed by atoms with Gasteiger partial charge in [0.25, 0.3) is 5.91 Å². The molecule has 0 aromatic heterocycles. The molecule has 0 bridgehead atoms. The van der Waals surface area contributed by atoms with Gasteiger partial charge >= 0.3 is 5.97 Å². The van der Waals surface area contributed by atoms with Gasteiger partial charge in [-0.15, -0.1) is 0 Å². The molecule has 0 unspecified atom stereocenters. The van der Waals surface area contributed by atoms with Gasteiger partial charge in [-0.3, -0.25) is 4.79 Å². The van der Waals surface area contributed by atoms with Crippen molar-refractivity contribution in [3.05, 3.63) is 75.0 Å². The van der Waals surface area contributed by atoms with Crippen molar-refractivity contribution >= 4 is 40.5 Å². The van der Waals surface area contributed by atoms with E-state index in [0.717, 1.165) is 3.57 Å². The topological polar surface area (TPSA) is 66.4 Å². The Balaban J connectivity index is 2.26. The molecule has 2 rings (SSSR count). The Labute approximate surface area is 135 Å². The molecule has 0 radical (unpaired) electrons. The van der Waals surface area contributed by atoms with Gasteiger partial charge in [0.15, 0.2) is 0 Å². The zero-order chi connectivity index (χ0) is 15.2. The lowest BCUT2D eigenvalue weighted by molar-refractivity contribution is -0.132. The van der Waals surface area contributed by atoms with E-state index in [4.69, 9.17) is 0 Å². The van der Waals surface area contributed by atoms with Crippen molar-refractivity contribution in [3.63, 3.8) is 0 Å². The lowest BCUT2D eigenvalue weighted by Crippen LogP contribution is -2.27. The number of rotatable bonds is 4. The Kier molecular flexibility index (Phi) is 5.10. The molecule has 0 saturated heterocycles. The Bertz CT molecular complexity index is 696. The molecule has 0 fully saturated rings. The molecule has 0 aliphatic rings. The number of carboxylic acid groups (broad SMARTS) is 1. The van der Waals surface area contributed by atoms with Crippen LogP contribution in [0, 0.1) is 3.57 Å². The fourth-order valence-corrected chi connectivity index (χ4v) is 2.33. The number of carbonyl (C=O) groups excluding carboxylic acids is 1. The summed E-state index contributed by atoms with van der Waals surface area (Å²) in [6.45, 7) is 0. The molecule has 0 aliphatic heterocycles. The Morgan fingerprint density at radius 3 is 2.24 bits per heavy atom. The molecular weight excluding hydrogens is 381 g/mol. The van der Waals surface area contributed by atoms with Crippen LogP contribution in [0.25, 0.3) is 6.08 Å². The van der Waals surface area contributed by atoms with Gasteiger partial charge in [0.1, 0.15) is 5.70 Å². The summed E-state index contributed by atoms with van der Waals surface area (Å²) >= 11 is 2.04. The number of halogens is 1. The largest absolute Gasteiger partial charge is 0.477 e. The monoisotopic (exact) mass is 393 g/mol. The number of aliphatic carboxylic acids is 1. The summed E-state index contributed by atoms with van der Waals surface area (Å²) in [6, 6.07) is 16.0. The number of hydrogen-bond donors (Lipinski definition) is 2. The minimum Gasteiger partial charge on any atom is -0.477 e. The Morgan fingerprint density at radius 1 is 1.00 bits per heavy atom. The lowest BCUT2D eigenvalue weighted by Gasteiger charge is -2.07. The van der Waals surface area contributed by atoms with Crippen LogP contribution in [0.3, 0.4) is 0 Å². The van der Waals surface area contributed by atoms with Gasteiger partial charge in [-0.05, 0) is 46.4 Å². The van der Waals surface area contributed by atoms with Gasteiger partial charge in [0.05, 0.1) is 5.56 Å². The van der Waals surface area contributed by atoms with Crippen molar-refractivity contribution < 1.29 is 14.7 Å². The summed E-state index contributed by atoms with van der Waals surface area (Å²) in [5, 5.41) is 11.7. The molecular formula is C16H12INO3. The van der Waals surface area contributed by atoms with Crippen molar-refractivity contribution in [1.29, 1.82) is 0 Å². The predicted molar refractivity (Wildman–Crippen MR) is 88.7 cm³/mol. The van der Waals surface area contributed by atoms with E-state index < -0.39 is 11.9 Å². The third kappa shape index (κ3) is 4.16. The van der Waals surface area contributed by atoms with E-state index in [-0.39, 0.29) is 5.70 Å². The van der Waals surface area contributed by atoms with E-state index in [9.17, 15) is 14.7 Å². The molecule has 0 atom stereocenters. The number of carbonyl (C=O) groups is 2. The van der Waals surface area contributed by atoms with Crippen molar-refractivity contribution in [3.8, 4) is 0 Å². The second-order valence-corrected chi connectivity index (χ2v) is 5.37. The molecule has 0 heterocycles. The minimum absolute atomic E-state index is 0.161. The summed E-state index contributed by atoms with van der Waals surface area (Å²) < 4.78 is 0.761. The standard InChI is InChI=1S/C16H12INO3/c17-13-9-5-4-8-12(13)15(19)18-14(16(20)21)10-11-6-2-1-3-7-11/h1-10H,(H,18,19)(H,20,21)/b14-10+. The van der Waals surface area contributed by atoms with E-state index in [0.29, 0.717) is 11.1 Å². The zero-order valence-electron chi connectivity index (χ0n) is 10.9. The maximum Gasteiger partial charge on any atom is 0.352 e. The summed E-state index contributed by atoms with van der Waals surface area (Å²) in [7, 11) is 0. The van der Waals surface area contributed by atoms with Crippen molar-refractivity contribution in [1.82, 2.24) is 5.32 Å². The van der Waals surface area contributed by atoms with E-state index in [1.54, 1.807) is 42.5 Å². The van der Waals surface area contributed by atoms with Crippen LogP contribution in [0.1, 0.15) is 15.9 Å². The van der Waals surface area contributed by atoms with Crippen LogP contribution in [-0.4, -0.2) is 17.0 Å². The van der Waals surface area contributed by atoms with E-state index in [2.05, 4.69) is 5.32 Å². The first kappa shape index (κ1) is 15.2. The van der Waals surface area contributed by atoms with Crippen LogP contribution in [0.15, 0.2) is 60.3 Å². The highest BCUT2D eigenvalue weighted by atomic mass is 127. The second-order valence-electron chi connectivity index (χ2n) is 4.21. The molecule has 21 heavy (non-hydrogen) atoms. The van der Waals surface area contributed by atoms with Crippen LogP contribution >= 0.6 is 22.6 Å². The fourth-order valence-electron chi connectivity index (χ4n) is 1.70. The number of carboxylic acids is 1. The summed E-state index contributed by atoms with van der Waals surface area (Å²) in [4.78, 5) is 23.4. The lowest BCUT2D eigenvalue weighted by atomic mass is 10.1. The van der Waals surface area contributed by atoms with Gasteiger partial charge in [0.2, 0.25) is 0 Å². The number of amides is 1. The van der Waals surface area contributed by atoms with E-state index in [1.807, 2.05) is 34.7 Å². The fraction of sp³-hybridized carbons (Fsp3) is 0. The van der Waals surface area contributed by atoms with Crippen LogP contribution < -0.4 is 5.32 Å². The van der Waals surface area contributed by atoms with Crippen molar-refractivity contribution in [2.75, 3.05) is 0 Å². The van der Waals surface area contributed by atoms with Crippen LogP contribution in [0.4, 0.5) is 0 Å². The van der Waals surface area contributed by atoms with Gasteiger partial charge in [-0.25, -0.2) is 4.79 Å². The number of nitrogens with one attached hydrogen (secondary N) is 1. The first-order valence-corrected chi connectivity index (χ1v) is 7.21. The van der Waals surface area contributed by atoms with E-state index >= 15 is 0 Å². The maximum absolute atomic E-state index is 12.2. The molecule has 0 saturated carbocycles. The highest BCUT2D eigenvalue weighted by molar-refractivity contribution is 14.1. The first-order chi connectivity index (χ1) is 10.1. The Hall–Kier alpha value is -2.15. The van der Waals surface area contributed by atoms with E-state index in [1.165, 1.54) is 6.08 Å². The highest BCUT2D eigenvalue weighted by Crippen LogP contribution is 2.12. The zero-order valence-corrected chi connectivity index (χ0v) is 13.1. The molecule has 2 aromatic carbocycles. The third-order valence-electron chi connectivity index (χ3n) is 2.71. The smallest absolute Gasteiger partial charge is 0.352 e. The highest BCUT2D eigenvalue weighted by Gasteiger charge is 2.15. The predicted octanol–water partition coefficient (Wildman–Crippen LogP) is 3.15. The van der Waals surface area contributed by atoms with Crippen molar-refractivity contribution in [2.45, 2.75) is 0 Å². The Morgan fingerprint density at radius 2 is 1.62 bits per heavy atom. The first-order valence-electron chi connectivity index (χ1n) is 6.14. The average Bonchev–Trinajstić information content (AvgIpc) is 2.48. The van der Waals surface area contributed by atoms with Crippen molar-refractivity contribution in [2.24, 2.45) is 0 Å². The van der Waals surface area contributed by atoms with Gasteiger partial charge in [-0.2, -0.15) is 0 Å². The van der Waals surface area contributed by atoms with Crippen LogP contribution in [0.5, 0.6) is 0 Å². The molecule has 2 aromatic rings. The van der Waals surface area contributed by atoms with Gasteiger partial charge in [-0.1, -0.05) is 42.5 Å². The normalized spacial score (nSPS) is 11.0. The quantitative estimate of drug-likeness (QED) is 0.620. The molecule has 106 valence electrons. The van der Waals surface area contributed by atoms with Gasteiger partial charge in [0, 0.05) is 3.57 Å². The number of benzene rings is 2. The van der Waals surface area contributed by atoms with Gasteiger partial charge < -0.3 is 10.4 Å². The molecule has 2 N–H and O–H groups in total. The second kappa shape index (κ2) is 7.03. The molecule has 1 amide bonds. The molecule has 0 spiro atoms.